The molecule has 6 heteroatoms. The van der Waals surface area contributed by atoms with E-state index in [2.05, 4.69) is 10.6 Å². The molecule has 6 nitrogen and oxygen atoms in total. The Labute approximate surface area is 111 Å². The van der Waals surface area contributed by atoms with E-state index in [1.165, 1.54) is 7.11 Å². The zero-order valence-corrected chi connectivity index (χ0v) is 11.0. The minimum absolute atomic E-state index is 0.204. The van der Waals surface area contributed by atoms with Crippen LogP contribution in [0, 0.1) is 0 Å². The summed E-state index contributed by atoms with van der Waals surface area (Å²) in [5, 5.41) is 13.9. The van der Waals surface area contributed by atoms with Crippen molar-refractivity contribution in [1.82, 2.24) is 5.32 Å². The van der Waals surface area contributed by atoms with Gasteiger partial charge in [-0.2, -0.15) is 0 Å². The Morgan fingerprint density at radius 2 is 2.00 bits per heavy atom. The van der Waals surface area contributed by atoms with Gasteiger partial charge in [-0.3, -0.25) is 9.59 Å². The van der Waals surface area contributed by atoms with Crippen LogP contribution in [0.25, 0.3) is 0 Å². The second-order valence-electron chi connectivity index (χ2n) is 3.92. The number of para-hydroxylation sites is 2. The van der Waals surface area contributed by atoms with Crippen LogP contribution in [0.15, 0.2) is 24.3 Å². The maximum Gasteiger partial charge on any atom is 0.313 e. The Kier molecular flexibility index (Phi) is 5.81. The zero-order valence-electron chi connectivity index (χ0n) is 11.0. The largest absolute Gasteiger partial charge is 0.495 e. The lowest BCUT2D eigenvalue weighted by Gasteiger charge is -2.14. The number of anilines is 1. The molecule has 1 aromatic rings. The van der Waals surface area contributed by atoms with Gasteiger partial charge in [-0.15, -0.1) is 0 Å². The van der Waals surface area contributed by atoms with E-state index in [0.29, 0.717) is 17.9 Å². The highest BCUT2D eigenvalue weighted by Gasteiger charge is 2.18. The molecule has 0 spiro atoms. The van der Waals surface area contributed by atoms with E-state index in [1.54, 1.807) is 31.2 Å². The number of hydrogen-bond donors (Lipinski definition) is 3. The second kappa shape index (κ2) is 7.38. The lowest BCUT2D eigenvalue weighted by Crippen LogP contribution is -2.43. The number of amides is 2. The van der Waals surface area contributed by atoms with Gasteiger partial charge < -0.3 is 20.5 Å². The van der Waals surface area contributed by atoms with Crippen molar-refractivity contribution in [3.05, 3.63) is 24.3 Å². The molecule has 0 saturated carbocycles. The second-order valence-corrected chi connectivity index (χ2v) is 3.92. The summed E-state index contributed by atoms with van der Waals surface area (Å²) in [5.74, 6) is -1.11. The van der Waals surface area contributed by atoms with Gasteiger partial charge in [-0.25, -0.2) is 0 Å². The molecule has 0 heterocycles. The van der Waals surface area contributed by atoms with Crippen molar-refractivity contribution < 1.29 is 19.4 Å². The topological polar surface area (TPSA) is 87.7 Å². The maximum atomic E-state index is 11.7. The molecule has 0 aliphatic rings. The molecule has 0 unspecified atom stereocenters. The summed E-state index contributed by atoms with van der Waals surface area (Å²) in [6, 6.07) is 6.37. The molecular weight excluding hydrogens is 248 g/mol. The fourth-order valence-corrected chi connectivity index (χ4v) is 1.45. The summed E-state index contributed by atoms with van der Waals surface area (Å²) in [4.78, 5) is 23.3. The van der Waals surface area contributed by atoms with Gasteiger partial charge in [0.25, 0.3) is 0 Å². The Balaban J connectivity index is 2.66. The standard InChI is InChI=1S/C13H18N2O4/c1-3-9(8-16)14-12(17)13(18)15-10-6-4-5-7-11(10)19-2/h4-7,9,16H,3,8H2,1-2H3,(H,14,17)(H,15,18)/t9-/m0/s1. The number of carbonyl (C=O) groups excluding carboxylic acids is 2. The Bertz CT molecular complexity index is 444. The fourth-order valence-electron chi connectivity index (χ4n) is 1.45. The van der Waals surface area contributed by atoms with Gasteiger partial charge in [-0.05, 0) is 18.6 Å². The first-order valence-corrected chi connectivity index (χ1v) is 5.98. The van der Waals surface area contributed by atoms with Crippen LogP contribution in [0.1, 0.15) is 13.3 Å². The van der Waals surface area contributed by atoms with E-state index in [-0.39, 0.29) is 6.61 Å². The molecule has 3 N–H and O–H groups in total. The monoisotopic (exact) mass is 266 g/mol. The van der Waals surface area contributed by atoms with Crippen molar-refractivity contribution >= 4 is 17.5 Å². The van der Waals surface area contributed by atoms with Crippen LogP contribution in [0.2, 0.25) is 0 Å². The summed E-state index contributed by atoms with van der Waals surface area (Å²) >= 11 is 0. The Morgan fingerprint density at radius 3 is 2.58 bits per heavy atom. The fraction of sp³-hybridized carbons (Fsp3) is 0.385. The average Bonchev–Trinajstić information content (AvgIpc) is 2.44. The molecule has 0 saturated heterocycles. The molecule has 2 amide bonds. The van der Waals surface area contributed by atoms with Gasteiger partial charge in [0.15, 0.2) is 0 Å². The van der Waals surface area contributed by atoms with E-state index < -0.39 is 17.9 Å². The molecule has 1 rings (SSSR count). The van der Waals surface area contributed by atoms with Crippen LogP contribution in [-0.2, 0) is 9.59 Å². The van der Waals surface area contributed by atoms with Crippen molar-refractivity contribution in [3.63, 3.8) is 0 Å². The van der Waals surface area contributed by atoms with E-state index in [0.717, 1.165) is 0 Å². The highest BCUT2D eigenvalue weighted by atomic mass is 16.5. The van der Waals surface area contributed by atoms with Crippen LogP contribution in [0.4, 0.5) is 5.69 Å². The number of nitrogens with one attached hydrogen (secondary N) is 2. The van der Waals surface area contributed by atoms with Crippen LogP contribution in [0.5, 0.6) is 5.75 Å². The molecule has 104 valence electrons. The number of hydrogen-bond acceptors (Lipinski definition) is 4. The molecule has 1 atom stereocenters. The van der Waals surface area contributed by atoms with Gasteiger partial charge in [0.05, 0.1) is 25.4 Å². The zero-order chi connectivity index (χ0) is 14.3. The van der Waals surface area contributed by atoms with Crippen LogP contribution in [0.3, 0.4) is 0 Å². The molecule has 19 heavy (non-hydrogen) atoms. The predicted octanol–water partition coefficient (Wildman–Crippen LogP) is 0.521. The number of rotatable bonds is 5. The average molecular weight is 266 g/mol. The lowest BCUT2D eigenvalue weighted by molar-refractivity contribution is -0.136. The molecule has 0 aliphatic heterocycles. The maximum absolute atomic E-state index is 11.7. The van der Waals surface area contributed by atoms with Crippen LogP contribution >= 0.6 is 0 Å². The first-order valence-electron chi connectivity index (χ1n) is 5.98. The lowest BCUT2D eigenvalue weighted by atomic mass is 10.2. The third-order valence-electron chi connectivity index (χ3n) is 2.61. The first kappa shape index (κ1) is 15.0. The molecule has 0 radical (unpaired) electrons. The van der Waals surface area contributed by atoms with Gasteiger partial charge in [-0.1, -0.05) is 19.1 Å². The van der Waals surface area contributed by atoms with E-state index in [9.17, 15) is 9.59 Å². The third kappa shape index (κ3) is 4.26. The quantitative estimate of drug-likeness (QED) is 0.678. The molecule has 1 aromatic carbocycles. The van der Waals surface area contributed by atoms with Crippen molar-refractivity contribution in [3.8, 4) is 5.75 Å². The summed E-state index contributed by atoms with van der Waals surface area (Å²) in [6.45, 7) is 1.60. The molecular formula is C13H18N2O4. The number of carbonyl (C=O) groups is 2. The minimum Gasteiger partial charge on any atom is -0.495 e. The number of aliphatic hydroxyl groups is 1. The van der Waals surface area contributed by atoms with Crippen LogP contribution < -0.4 is 15.4 Å². The highest BCUT2D eigenvalue weighted by molar-refractivity contribution is 6.39. The van der Waals surface area contributed by atoms with Crippen molar-refractivity contribution in [2.75, 3.05) is 19.0 Å². The van der Waals surface area contributed by atoms with E-state index in [1.807, 2.05) is 0 Å². The highest BCUT2D eigenvalue weighted by Crippen LogP contribution is 2.22. The Morgan fingerprint density at radius 1 is 1.32 bits per heavy atom. The summed E-state index contributed by atoms with van der Waals surface area (Å²) in [6.07, 6.45) is 0.546. The van der Waals surface area contributed by atoms with Gasteiger partial charge in [0.1, 0.15) is 5.75 Å². The number of methoxy groups -OCH3 is 1. The predicted molar refractivity (Wildman–Crippen MR) is 70.9 cm³/mol. The number of benzene rings is 1. The third-order valence-corrected chi connectivity index (χ3v) is 2.61. The van der Waals surface area contributed by atoms with E-state index >= 15 is 0 Å². The number of aliphatic hydroxyl groups excluding tert-OH is 1. The molecule has 0 aliphatic carbocycles. The summed E-state index contributed by atoms with van der Waals surface area (Å²) in [5.41, 5.74) is 0.419. The smallest absolute Gasteiger partial charge is 0.313 e. The van der Waals surface area contributed by atoms with E-state index in [4.69, 9.17) is 9.84 Å². The van der Waals surface area contributed by atoms with Gasteiger partial charge in [0.2, 0.25) is 0 Å². The van der Waals surface area contributed by atoms with Crippen molar-refractivity contribution in [1.29, 1.82) is 0 Å². The first-order chi connectivity index (χ1) is 9.12. The molecule has 0 bridgehead atoms. The van der Waals surface area contributed by atoms with Crippen molar-refractivity contribution in [2.45, 2.75) is 19.4 Å². The van der Waals surface area contributed by atoms with Gasteiger partial charge in [0, 0.05) is 0 Å². The molecule has 0 aromatic heterocycles. The van der Waals surface area contributed by atoms with Gasteiger partial charge >= 0.3 is 11.8 Å². The molecule has 0 fully saturated rings. The minimum atomic E-state index is -0.795. The normalized spacial score (nSPS) is 11.5. The Hall–Kier alpha value is -2.08. The summed E-state index contributed by atoms with van der Waals surface area (Å²) in [7, 11) is 1.48. The van der Waals surface area contributed by atoms with Crippen molar-refractivity contribution in [2.24, 2.45) is 0 Å². The van der Waals surface area contributed by atoms with Crippen LogP contribution in [-0.4, -0.2) is 36.7 Å². The number of ether oxygens (including phenoxy) is 1. The SMILES string of the molecule is CC[C@@H](CO)NC(=O)C(=O)Nc1ccccc1OC. The summed E-state index contributed by atoms with van der Waals surface area (Å²) < 4.78 is 5.06.